The maximum absolute atomic E-state index is 5.56. The maximum atomic E-state index is 5.56. The third-order valence-corrected chi connectivity index (χ3v) is 2.29. The first-order valence-corrected chi connectivity index (χ1v) is 4.92. The van der Waals surface area contributed by atoms with Crippen LogP contribution in [0.5, 0.6) is 0 Å². The van der Waals surface area contributed by atoms with Gasteiger partial charge in [0, 0.05) is 0 Å². The monoisotopic (exact) mass is 202 g/mol. The highest BCUT2D eigenvalue weighted by Gasteiger charge is 2.02. The fraction of sp³-hybridized carbons (Fsp3) is 0.273. The molecule has 78 valence electrons. The molecule has 2 rings (SSSR count). The van der Waals surface area contributed by atoms with E-state index in [0.717, 1.165) is 12.4 Å². The molecule has 1 heterocycles. The van der Waals surface area contributed by atoms with E-state index in [9.17, 15) is 0 Å². The van der Waals surface area contributed by atoms with E-state index >= 15 is 0 Å². The zero-order valence-corrected chi connectivity index (χ0v) is 8.72. The molecule has 1 aromatic heterocycles. The van der Waals surface area contributed by atoms with Gasteiger partial charge in [0.25, 0.3) is 0 Å². The van der Waals surface area contributed by atoms with Crippen LogP contribution in [0.1, 0.15) is 17.0 Å². The van der Waals surface area contributed by atoms with Gasteiger partial charge in [0.2, 0.25) is 0 Å². The molecule has 0 bridgehead atoms. The van der Waals surface area contributed by atoms with Crippen LogP contribution in [-0.2, 0) is 13.1 Å². The van der Waals surface area contributed by atoms with E-state index in [2.05, 4.69) is 35.2 Å². The van der Waals surface area contributed by atoms with Crippen LogP contribution in [0.25, 0.3) is 0 Å². The summed E-state index contributed by atoms with van der Waals surface area (Å²) in [7, 11) is 0. The number of hydrogen-bond donors (Lipinski definition) is 1. The Labute approximate surface area is 88.8 Å². The largest absolute Gasteiger partial charge is 0.324 e. The van der Waals surface area contributed by atoms with Crippen LogP contribution in [0.3, 0.4) is 0 Å². The van der Waals surface area contributed by atoms with Gasteiger partial charge in [0.1, 0.15) is 12.2 Å². The molecule has 0 aliphatic rings. The summed E-state index contributed by atoms with van der Waals surface area (Å²) in [6.07, 6.45) is 1.54. The molecule has 4 nitrogen and oxygen atoms in total. The first-order chi connectivity index (χ1) is 7.29. The minimum absolute atomic E-state index is 0.422. The smallest absolute Gasteiger partial charge is 0.140 e. The van der Waals surface area contributed by atoms with Gasteiger partial charge in [-0.15, -0.1) is 0 Å². The van der Waals surface area contributed by atoms with E-state index in [1.807, 2.05) is 10.7 Å². The Bertz CT molecular complexity index is 447. The first-order valence-electron chi connectivity index (χ1n) is 4.92. The summed E-state index contributed by atoms with van der Waals surface area (Å²) < 4.78 is 1.83. The molecule has 0 saturated heterocycles. The van der Waals surface area contributed by atoms with Gasteiger partial charge in [0.15, 0.2) is 0 Å². The third kappa shape index (κ3) is 2.22. The maximum Gasteiger partial charge on any atom is 0.140 e. The van der Waals surface area contributed by atoms with Gasteiger partial charge in [-0.25, -0.2) is 9.67 Å². The summed E-state index contributed by atoms with van der Waals surface area (Å²) in [6, 6.07) is 8.34. The van der Waals surface area contributed by atoms with E-state index in [1.54, 1.807) is 0 Å². The molecule has 2 aromatic rings. The molecular formula is C11H14N4. The first kappa shape index (κ1) is 9.86. The average Bonchev–Trinajstić information content (AvgIpc) is 2.65. The molecule has 4 heteroatoms. The SMILES string of the molecule is Cc1cccc(Cn2ncnc2CN)c1. The van der Waals surface area contributed by atoms with Gasteiger partial charge in [-0.1, -0.05) is 29.8 Å². The lowest BCUT2D eigenvalue weighted by molar-refractivity contribution is 0.638. The van der Waals surface area contributed by atoms with Crippen LogP contribution in [0.2, 0.25) is 0 Å². The van der Waals surface area contributed by atoms with Gasteiger partial charge < -0.3 is 5.73 Å². The lowest BCUT2D eigenvalue weighted by Gasteiger charge is -2.05. The second-order valence-corrected chi connectivity index (χ2v) is 3.53. The molecule has 0 unspecified atom stereocenters. The molecule has 0 amide bonds. The van der Waals surface area contributed by atoms with Crippen LogP contribution in [-0.4, -0.2) is 14.8 Å². The molecule has 0 radical (unpaired) electrons. The normalized spacial score (nSPS) is 10.5. The molecule has 0 saturated carbocycles. The Balaban J connectivity index is 2.22. The van der Waals surface area contributed by atoms with E-state index in [4.69, 9.17) is 5.73 Å². The molecule has 2 N–H and O–H groups in total. The summed E-state index contributed by atoms with van der Waals surface area (Å²) in [4.78, 5) is 4.08. The minimum Gasteiger partial charge on any atom is -0.324 e. The predicted octanol–water partition coefficient (Wildman–Crippen LogP) is 1.09. The molecular weight excluding hydrogens is 188 g/mol. The van der Waals surface area contributed by atoms with Gasteiger partial charge in [-0.3, -0.25) is 0 Å². The highest BCUT2D eigenvalue weighted by atomic mass is 15.3. The highest BCUT2D eigenvalue weighted by Crippen LogP contribution is 2.06. The highest BCUT2D eigenvalue weighted by molar-refractivity contribution is 5.22. The second kappa shape index (κ2) is 4.23. The summed E-state index contributed by atoms with van der Waals surface area (Å²) in [6.45, 7) is 3.23. The van der Waals surface area contributed by atoms with Crippen molar-refractivity contribution in [3.63, 3.8) is 0 Å². The zero-order chi connectivity index (χ0) is 10.7. The Morgan fingerprint density at radius 1 is 1.40 bits per heavy atom. The average molecular weight is 202 g/mol. The van der Waals surface area contributed by atoms with Crippen molar-refractivity contribution in [1.29, 1.82) is 0 Å². The number of nitrogens with zero attached hydrogens (tertiary/aromatic N) is 3. The number of nitrogens with two attached hydrogens (primary N) is 1. The molecule has 15 heavy (non-hydrogen) atoms. The molecule has 0 atom stereocenters. The molecule has 1 aromatic carbocycles. The van der Waals surface area contributed by atoms with Crippen molar-refractivity contribution in [2.45, 2.75) is 20.0 Å². The van der Waals surface area contributed by atoms with Gasteiger partial charge in [0.05, 0.1) is 13.1 Å². The Hall–Kier alpha value is -1.68. The Morgan fingerprint density at radius 2 is 2.27 bits per heavy atom. The quantitative estimate of drug-likeness (QED) is 0.810. The fourth-order valence-electron chi connectivity index (χ4n) is 1.56. The lowest BCUT2D eigenvalue weighted by Crippen LogP contribution is -2.10. The molecule has 0 aliphatic carbocycles. The van der Waals surface area contributed by atoms with Gasteiger partial charge in [-0.2, -0.15) is 5.10 Å². The number of aryl methyl sites for hydroxylation is 1. The van der Waals surface area contributed by atoms with E-state index in [0.29, 0.717) is 6.54 Å². The van der Waals surface area contributed by atoms with E-state index in [1.165, 1.54) is 17.5 Å². The number of rotatable bonds is 3. The van der Waals surface area contributed by atoms with Crippen LogP contribution in [0.15, 0.2) is 30.6 Å². The van der Waals surface area contributed by atoms with Gasteiger partial charge in [-0.05, 0) is 12.5 Å². The van der Waals surface area contributed by atoms with E-state index in [-0.39, 0.29) is 0 Å². The zero-order valence-electron chi connectivity index (χ0n) is 8.72. The number of aromatic nitrogens is 3. The molecule has 0 fully saturated rings. The topological polar surface area (TPSA) is 56.7 Å². The second-order valence-electron chi connectivity index (χ2n) is 3.53. The van der Waals surface area contributed by atoms with Crippen molar-refractivity contribution >= 4 is 0 Å². The fourth-order valence-corrected chi connectivity index (χ4v) is 1.56. The van der Waals surface area contributed by atoms with Crippen LogP contribution >= 0.6 is 0 Å². The minimum atomic E-state index is 0.422. The Morgan fingerprint density at radius 3 is 3.00 bits per heavy atom. The van der Waals surface area contributed by atoms with Crippen LogP contribution in [0.4, 0.5) is 0 Å². The summed E-state index contributed by atoms with van der Waals surface area (Å²) >= 11 is 0. The molecule has 0 aliphatic heterocycles. The van der Waals surface area contributed by atoms with Crippen molar-refractivity contribution in [3.8, 4) is 0 Å². The third-order valence-electron chi connectivity index (χ3n) is 2.29. The lowest BCUT2D eigenvalue weighted by atomic mass is 10.1. The van der Waals surface area contributed by atoms with Crippen molar-refractivity contribution in [2.24, 2.45) is 5.73 Å². The van der Waals surface area contributed by atoms with Crippen LogP contribution in [0, 0.1) is 6.92 Å². The molecule has 0 spiro atoms. The standard InChI is InChI=1S/C11H14N4/c1-9-3-2-4-10(5-9)7-15-11(6-12)13-8-14-15/h2-5,8H,6-7,12H2,1H3. The van der Waals surface area contributed by atoms with Gasteiger partial charge >= 0.3 is 0 Å². The Kier molecular flexibility index (Phi) is 2.78. The van der Waals surface area contributed by atoms with Crippen molar-refractivity contribution in [3.05, 3.63) is 47.5 Å². The number of benzene rings is 1. The van der Waals surface area contributed by atoms with E-state index < -0.39 is 0 Å². The van der Waals surface area contributed by atoms with Crippen molar-refractivity contribution in [2.75, 3.05) is 0 Å². The predicted molar refractivity (Wildman–Crippen MR) is 58.2 cm³/mol. The summed E-state index contributed by atoms with van der Waals surface area (Å²) in [5.74, 6) is 0.816. The van der Waals surface area contributed by atoms with Crippen molar-refractivity contribution in [1.82, 2.24) is 14.8 Å². The summed E-state index contributed by atoms with van der Waals surface area (Å²) in [5.41, 5.74) is 8.02. The summed E-state index contributed by atoms with van der Waals surface area (Å²) in [5, 5.41) is 4.14. The van der Waals surface area contributed by atoms with Crippen molar-refractivity contribution < 1.29 is 0 Å². The number of hydrogen-bond acceptors (Lipinski definition) is 3. The van der Waals surface area contributed by atoms with Crippen LogP contribution < -0.4 is 5.73 Å².